The normalized spacial score (nSPS) is 19.8. The van der Waals surface area contributed by atoms with E-state index in [1.54, 1.807) is 33.5 Å². The van der Waals surface area contributed by atoms with Crippen LogP contribution in [0, 0.1) is 11.8 Å². The predicted octanol–water partition coefficient (Wildman–Crippen LogP) is 3.27. The minimum atomic E-state index is -0.255. The summed E-state index contributed by atoms with van der Waals surface area (Å²) in [5, 5.41) is 7.34. The zero-order chi connectivity index (χ0) is 27.2. The number of likely N-dealkylation sites (tertiary alicyclic amines) is 1. The van der Waals surface area contributed by atoms with E-state index in [-0.39, 0.29) is 30.4 Å². The summed E-state index contributed by atoms with van der Waals surface area (Å²) in [6, 6.07) is 9.15. The Bertz CT molecular complexity index is 1050. The number of carbonyl (C=O) groups excluding carboxylic acids is 1. The van der Waals surface area contributed by atoms with Crippen LogP contribution in [0.1, 0.15) is 32.3 Å². The van der Waals surface area contributed by atoms with Crippen molar-refractivity contribution in [1.82, 2.24) is 5.32 Å². The molecule has 0 saturated carbocycles. The Morgan fingerprint density at radius 1 is 1.00 bits per heavy atom. The molecule has 2 aromatic rings. The number of likely N-dealkylation sites (N-methyl/N-ethyl adjacent to an activating group) is 1. The van der Waals surface area contributed by atoms with E-state index in [0.717, 1.165) is 43.4 Å². The number of benzene rings is 2. The lowest BCUT2D eigenvalue weighted by Crippen LogP contribution is -3.00. The topological polar surface area (TPSA) is 68.8 Å². The maximum Gasteiger partial charge on any atom is 0.319 e. The summed E-state index contributed by atoms with van der Waals surface area (Å²) >= 11 is 12.3. The number of piperidine rings is 1. The zero-order valence-corrected chi connectivity index (χ0v) is 25.3. The molecule has 0 radical (unpaired) electrons. The monoisotopic (exact) mass is 587 g/mol. The molecule has 2 aromatic carbocycles. The SMILES string of the molecule is COc1cc(NC(=O)NC(C[N+]2(C)CCC(Cc3ccc(Cl)c(Cl)c3)CC2)C(C)C)cc(OC)c1OC.[Cl-]. The quantitative estimate of drug-likeness (QED) is 0.418. The summed E-state index contributed by atoms with van der Waals surface area (Å²) in [7, 11) is 6.94. The highest BCUT2D eigenvalue weighted by molar-refractivity contribution is 6.42. The van der Waals surface area contributed by atoms with Crippen LogP contribution in [-0.2, 0) is 6.42 Å². The summed E-state index contributed by atoms with van der Waals surface area (Å²) < 4.78 is 17.1. The smallest absolute Gasteiger partial charge is 0.319 e. The first kappa shape index (κ1) is 32.2. The van der Waals surface area contributed by atoms with Crippen molar-refractivity contribution in [3.63, 3.8) is 0 Å². The molecule has 1 fully saturated rings. The van der Waals surface area contributed by atoms with Crippen molar-refractivity contribution in [2.75, 3.05) is 53.3 Å². The average Bonchev–Trinajstić information content (AvgIpc) is 2.86. The van der Waals surface area contributed by atoms with Crippen LogP contribution in [0.4, 0.5) is 10.5 Å². The third-order valence-corrected chi connectivity index (χ3v) is 8.08. The van der Waals surface area contributed by atoms with Crippen LogP contribution in [0.3, 0.4) is 0 Å². The number of hydrogen-bond donors (Lipinski definition) is 2. The molecule has 1 saturated heterocycles. The van der Waals surface area contributed by atoms with Crippen LogP contribution >= 0.6 is 23.2 Å². The van der Waals surface area contributed by atoms with Crippen LogP contribution in [0.5, 0.6) is 17.2 Å². The second-order valence-electron chi connectivity index (χ2n) is 10.5. The van der Waals surface area contributed by atoms with Gasteiger partial charge in [0, 0.05) is 12.1 Å². The lowest BCUT2D eigenvalue weighted by molar-refractivity contribution is -0.916. The molecular weight excluding hydrogens is 549 g/mol. The molecule has 2 amide bonds. The highest BCUT2D eigenvalue weighted by Crippen LogP contribution is 2.40. The lowest BCUT2D eigenvalue weighted by atomic mass is 9.88. The van der Waals surface area contributed by atoms with Crippen LogP contribution in [0.25, 0.3) is 0 Å². The molecule has 1 unspecified atom stereocenters. The molecular formula is C28H40Cl3N3O4. The van der Waals surface area contributed by atoms with E-state index in [2.05, 4.69) is 37.6 Å². The fourth-order valence-electron chi connectivity index (χ4n) is 5.02. The molecule has 1 heterocycles. The Balaban J connectivity index is 0.00000507. The third-order valence-electron chi connectivity index (χ3n) is 7.34. The van der Waals surface area contributed by atoms with Crippen molar-refractivity contribution >= 4 is 34.9 Å². The number of amides is 2. The lowest BCUT2D eigenvalue weighted by Gasteiger charge is -2.43. The van der Waals surface area contributed by atoms with Gasteiger partial charge in [-0.05, 0) is 48.8 Å². The van der Waals surface area contributed by atoms with Crippen molar-refractivity contribution in [3.8, 4) is 17.2 Å². The number of anilines is 1. The summed E-state index contributed by atoms with van der Waals surface area (Å²) in [6.45, 7) is 7.32. The first-order valence-electron chi connectivity index (χ1n) is 12.7. The molecule has 0 bridgehead atoms. The Morgan fingerprint density at radius 3 is 2.11 bits per heavy atom. The number of halogens is 3. The second-order valence-corrected chi connectivity index (χ2v) is 11.3. The Morgan fingerprint density at radius 2 is 1.61 bits per heavy atom. The van der Waals surface area contributed by atoms with E-state index >= 15 is 0 Å². The molecule has 1 aliphatic heterocycles. The molecule has 2 N–H and O–H groups in total. The van der Waals surface area contributed by atoms with Crippen molar-refractivity contribution in [3.05, 3.63) is 45.9 Å². The van der Waals surface area contributed by atoms with Gasteiger partial charge in [0.1, 0.15) is 0 Å². The summed E-state index contributed by atoms with van der Waals surface area (Å²) in [4.78, 5) is 13.0. The fourth-order valence-corrected chi connectivity index (χ4v) is 5.34. The van der Waals surface area contributed by atoms with Gasteiger partial charge in [-0.25, -0.2) is 4.79 Å². The van der Waals surface area contributed by atoms with E-state index in [9.17, 15) is 4.79 Å². The number of ether oxygens (including phenoxy) is 3. The highest BCUT2D eigenvalue weighted by atomic mass is 35.5. The summed E-state index contributed by atoms with van der Waals surface area (Å²) in [5.74, 6) is 2.36. The first-order valence-corrected chi connectivity index (χ1v) is 13.5. The maximum atomic E-state index is 13.0. The van der Waals surface area contributed by atoms with Gasteiger partial charge in [-0.3, -0.25) is 0 Å². The third kappa shape index (κ3) is 8.47. The van der Waals surface area contributed by atoms with Crippen LogP contribution in [0.2, 0.25) is 10.0 Å². The van der Waals surface area contributed by atoms with Gasteiger partial charge in [0.15, 0.2) is 11.5 Å². The van der Waals surface area contributed by atoms with E-state index < -0.39 is 0 Å². The minimum absolute atomic E-state index is 0. The molecule has 0 aromatic heterocycles. The number of nitrogens with one attached hydrogen (secondary N) is 2. The number of quaternary nitrogens is 1. The van der Waals surface area contributed by atoms with Gasteiger partial charge in [0.2, 0.25) is 5.75 Å². The van der Waals surface area contributed by atoms with Gasteiger partial charge >= 0.3 is 6.03 Å². The number of rotatable bonds is 10. The predicted molar refractivity (Wildman–Crippen MR) is 151 cm³/mol. The Hall–Kier alpha value is -2.06. The highest BCUT2D eigenvalue weighted by Gasteiger charge is 2.34. The van der Waals surface area contributed by atoms with Crippen LogP contribution in [0.15, 0.2) is 30.3 Å². The average molecular weight is 589 g/mol. The van der Waals surface area contributed by atoms with Crippen molar-refractivity contribution in [2.45, 2.75) is 39.2 Å². The molecule has 38 heavy (non-hydrogen) atoms. The second kappa shape index (κ2) is 14.4. The van der Waals surface area contributed by atoms with E-state index in [1.807, 2.05) is 12.1 Å². The van der Waals surface area contributed by atoms with Crippen LogP contribution < -0.4 is 37.3 Å². The maximum absolute atomic E-state index is 13.0. The number of hydrogen-bond acceptors (Lipinski definition) is 4. The zero-order valence-electron chi connectivity index (χ0n) is 23.1. The van der Waals surface area contributed by atoms with Gasteiger partial charge in [0.05, 0.1) is 69.8 Å². The fraction of sp³-hybridized carbons (Fsp3) is 0.536. The largest absolute Gasteiger partial charge is 1.00 e. The van der Waals surface area contributed by atoms with Gasteiger partial charge in [-0.2, -0.15) is 0 Å². The summed E-state index contributed by atoms with van der Waals surface area (Å²) in [5.41, 5.74) is 1.80. The van der Waals surface area contributed by atoms with Crippen molar-refractivity contribution < 1.29 is 35.9 Å². The van der Waals surface area contributed by atoms with Gasteiger partial charge < -0.3 is 41.7 Å². The first-order chi connectivity index (χ1) is 17.6. The van der Waals surface area contributed by atoms with Gasteiger partial charge in [-0.1, -0.05) is 43.1 Å². The summed E-state index contributed by atoms with van der Waals surface area (Å²) in [6.07, 6.45) is 3.29. The molecule has 1 atom stereocenters. The van der Waals surface area contributed by atoms with Crippen molar-refractivity contribution in [2.24, 2.45) is 11.8 Å². The number of urea groups is 1. The van der Waals surface area contributed by atoms with E-state index in [0.29, 0.717) is 38.9 Å². The Kier molecular flexibility index (Phi) is 12.2. The van der Waals surface area contributed by atoms with Crippen molar-refractivity contribution in [1.29, 1.82) is 0 Å². The number of nitrogens with zero attached hydrogens (tertiary/aromatic N) is 1. The molecule has 7 nitrogen and oxygen atoms in total. The van der Waals surface area contributed by atoms with E-state index in [4.69, 9.17) is 37.4 Å². The molecule has 1 aliphatic rings. The van der Waals surface area contributed by atoms with Gasteiger partial charge in [0.25, 0.3) is 0 Å². The number of methoxy groups -OCH3 is 3. The molecule has 10 heteroatoms. The van der Waals surface area contributed by atoms with Gasteiger partial charge in [-0.15, -0.1) is 0 Å². The molecule has 0 spiro atoms. The Labute approximate surface area is 243 Å². The standard InChI is InChI=1S/C28H39Cl2N3O4.ClH/c1-18(2)24(32-28(34)31-21-15-25(35-4)27(37-6)26(16-21)36-5)17-33(3)11-9-19(10-12-33)13-20-7-8-22(29)23(30)14-20;/h7-8,14-16,18-19,24H,9-13,17H2,1-6H3,(H-,31,32,34);1H. The van der Waals surface area contributed by atoms with E-state index in [1.165, 1.54) is 5.56 Å². The minimum Gasteiger partial charge on any atom is -1.00 e. The molecule has 3 rings (SSSR count). The molecule has 0 aliphatic carbocycles. The number of carbonyl (C=O) groups is 1. The van der Waals surface area contributed by atoms with Crippen LogP contribution in [-0.4, -0.2) is 64.6 Å². The molecule has 212 valence electrons.